The number of nitrogens with zero attached hydrogens (tertiary/aromatic N) is 1. The van der Waals surface area contributed by atoms with E-state index >= 15 is 0 Å². The molecule has 3 N–H and O–H groups in total. The Morgan fingerprint density at radius 3 is 2.76 bits per heavy atom. The number of nitrogens with two attached hydrogens (primary N) is 1. The molecule has 1 unspecified atom stereocenters. The van der Waals surface area contributed by atoms with Crippen LogP contribution in [0.3, 0.4) is 0 Å². The van der Waals surface area contributed by atoms with Crippen molar-refractivity contribution in [1.29, 1.82) is 0 Å². The highest BCUT2D eigenvalue weighted by molar-refractivity contribution is 7.89. The van der Waals surface area contributed by atoms with Crippen LogP contribution in [-0.4, -0.2) is 28.1 Å². The molecule has 1 atom stereocenters. The summed E-state index contributed by atoms with van der Waals surface area (Å²) in [5, 5.41) is 0. The molecule has 0 spiro atoms. The third-order valence-corrected chi connectivity index (χ3v) is 5.62. The summed E-state index contributed by atoms with van der Waals surface area (Å²) in [5.74, 6) is 0. The van der Waals surface area contributed by atoms with Crippen molar-refractivity contribution < 1.29 is 8.42 Å². The van der Waals surface area contributed by atoms with Crippen LogP contribution in [0.15, 0.2) is 23.1 Å². The fourth-order valence-electron chi connectivity index (χ4n) is 3.04. The van der Waals surface area contributed by atoms with E-state index in [1.807, 2.05) is 6.07 Å². The maximum atomic E-state index is 11.9. The third kappa shape index (κ3) is 3.49. The van der Waals surface area contributed by atoms with Crippen LogP contribution in [0.1, 0.15) is 39.0 Å². The normalized spacial score (nSPS) is 19.7. The highest BCUT2D eigenvalue weighted by Crippen LogP contribution is 2.30. The maximum Gasteiger partial charge on any atom is 0.242 e. The maximum absolute atomic E-state index is 11.9. The molecule has 1 saturated heterocycles. The summed E-state index contributed by atoms with van der Waals surface area (Å²) in [6.45, 7) is 3.21. The van der Waals surface area contributed by atoms with Crippen LogP contribution in [0, 0.1) is 0 Å². The van der Waals surface area contributed by atoms with E-state index in [2.05, 4.69) is 16.5 Å². The van der Waals surface area contributed by atoms with Crippen LogP contribution in [-0.2, 0) is 10.0 Å². The number of nitrogen functional groups attached to an aromatic ring is 1. The summed E-state index contributed by atoms with van der Waals surface area (Å²) in [4.78, 5) is 2.52. The lowest BCUT2D eigenvalue weighted by atomic mass is 9.97. The monoisotopic (exact) mass is 311 g/mol. The Morgan fingerprint density at radius 2 is 2.14 bits per heavy atom. The minimum Gasteiger partial charge on any atom is -0.398 e. The number of rotatable bonds is 5. The van der Waals surface area contributed by atoms with E-state index in [0.29, 0.717) is 11.7 Å². The summed E-state index contributed by atoms with van der Waals surface area (Å²) in [6, 6.07) is 5.80. The quantitative estimate of drug-likeness (QED) is 0.818. The lowest BCUT2D eigenvalue weighted by Gasteiger charge is -2.38. The van der Waals surface area contributed by atoms with Gasteiger partial charge < -0.3 is 10.6 Å². The highest BCUT2D eigenvalue weighted by atomic mass is 32.2. The molecule has 1 aromatic carbocycles. The number of hydrogen-bond acceptors (Lipinski definition) is 4. The van der Waals surface area contributed by atoms with Gasteiger partial charge in [-0.1, -0.05) is 13.3 Å². The Labute approximate surface area is 127 Å². The van der Waals surface area contributed by atoms with Crippen molar-refractivity contribution in [1.82, 2.24) is 4.72 Å². The summed E-state index contributed by atoms with van der Waals surface area (Å²) < 4.78 is 26.0. The molecular weight excluding hydrogens is 286 g/mol. The minimum absolute atomic E-state index is 0.151. The second-order valence-corrected chi connectivity index (χ2v) is 7.42. The standard InChI is InChI=1S/C15H25N3O2S/c1-3-6-12-7-4-5-10-18(12)13-8-9-15(14(16)11-13)21(19,20)17-2/h8-9,11-12,17H,3-7,10,16H2,1-2H3. The van der Waals surface area contributed by atoms with Crippen LogP contribution in [0.4, 0.5) is 11.4 Å². The first-order valence-corrected chi connectivity index (χ1v) is 9.07. The van der Waals surface area contributed by atoms with E-state index in [4.69, 9.17) is 5.73 Å². The van der Waals surface area contributed by atoms with Crippen molar-refractivity contribution in [2.75, 3.05) is 24.2 Å². The minimum atomic E-state index is -3.49. The van der Waals surface area contributed by atoms with Gasteiger partial charge in [0.2, 0.25) is 10.0 Å². The molecular formula is C15H25N3O2S. The fourth-order valence-corrected chi connectivity index (χ4v) is 3.88. The summed E-state index contributed by atoms with van der Waals surface area (Å²) in [7, 11) is -2.10. The molecule has 0 amide bonds. The Kier molecular flexibility index (Phi) is 5.11. The zero-order valence-corrected chi connectivity index (χ0v) is 13.6. The number of hydrogen-bond donors (Lipinski definition) is 2. The molecule has 1 aromatic rings. The smallest absolute Gasteiger partial charge is 0.242 e. The molecule has 118 valence electrons. The predicted molar refractivity (Wildman–Crippen MR) is 87.0 cm³/mol. The van der Waals surface area contributed by atoms with E-state index in [1.165, 1.54) is 26.3 Å². The van der Waals surface area contributed by atoms with Gasteiger partial charge in [0.25, 0.3) is 0 Å². The number of benzene rings is 1. The number of sulfonamides is 1. The van der Waals surface area contributed by atoms with Crippen molar-refractivity contribution in [3.8, 4) is 0 Å². The molecule has 0 aromatic heterocycles. The second kappa shape index (κ2) is 6.66. The summed E-state index contributed by atoms with van der Waals surface area (Å²) in [5.41, 5.74) is 7.30. The van der Waals surface area contributed by atoms with Crippen molar-refractivity contribution >= 4 is 21.4 Å². The first-order valence-electron chi connectivity index (χ1n) is 7.59. The molecule has 5 nitrogen and oxygen atoms in total. The molecule has 0 bridgehead atoms. The lowest BCUT2D eigenvalue weighted by Crippen LogP contribution is -2.39. The number of nitrogens with one attached hydrogen (secondary N) is 1. The zero-order chi connectivity index (χ0) is 15.5. The fraction of sp³-hybridized carbons (Fsp3) is 0.600. The van der Waals surface area contributed by atoms with Crippen molar-refractivity contribution in [3.05, 3.63) is 18.2 Å². The van der Waals surface area contributed by atoms with Gasteiger partial charge in [0.1, 0.15) is 4.90 Å². The Hall–Kier alpha value is -1.27. The van der Waals surface area contributed by atoms with Gasteiger partial charge in [0.15, 0.2) is 0 Å². The molecule has 1 aliphatic heterocycles. The van der Waals surface area contributed by atoms with Crippen molar-refractivity contribution in [2.24, 2.45) is 0 Å². The van der Waals surface area contributed by atoms with Gasteiger partial charge in [0, 0.05) is 18.3 Å². The predicted octanol–water partition coefficient (Wildman–Crippen LogP) is 2.34. The molecule has 0 saturated carbocycles. The molecule has 0 aliphatic carbocycles. The molecule has 1 fully saturated rings. The Morgan fingerprint density at radius 1 is 1.38 bits per heavy atom. The molecule has 1 aliphatic rings. The average Bonchev–Trinajstić information content (AvgIpc) is 2.48. The van der Waals surface area contributed by atoms with E-state index in [-0.39, 0.29) is 4.90 Å². The van der Waals surface area contributed by atoms with E-state index in [0.717, 1.165) is 25.1 Å². The van der Waals surface area contributed by atoms with Gasteiger partial charge in [-0.2, -0.15) is 0 Å². The average molecular weight is 311 g/mol. The van der Waals surface area contributed by atoms with Gasteiger partial charge >= 0.3 is 0 Å². The summed E-state index contributed by atoms with van der Waals surface area (Å²) in [6.07, 6.45) is 5.96. The van der Waals surface area contributed by atoms with Crippen LogP contribution >= 0.6 is 0 Å². The molecule has 6 heteroatoms. The van der Waals surface area contributed by atoms with Crippen LogP contribution < -0.4 is 15.4 Å². The van der Waals surface area contributed by atoms with Gasteiger partial charge in [-0.05, 0) is 50.9 Å². The third-order valence-electron chi connectivity index (χ3n) is 4.13. The number of piperidine rings is 1. The first-order chi connectivity index (χ1) is 9.99. The largest absolute Gasteiger partial charge is 0.398 e. The van der Waals surface area contributed by atoms with Crippen LogP contribution in [0.25, 0.3) is 0 Å². The Balaban J connectivity index is 2.30. The molecule has 21 heavy (non-hydrogen) atoms. The lowest BCUT2D eigenvalue weighted by molar-refractivity contribution is 0.435. The van der Waals surface area contributed by atoms with Gasteiger partial charge in [-0.15, -0.1) is 0 Å². The first kappa shape index (κ1) is 16.1. The number of anilines is 2. The Bertz CT molecular complexity index is 585. The van der Waals surface area contributed by atoms with Gasteiger partial charge in [-0.3, -0.25) is 0 Å². The molecule has 1 heterocycles. The summed E-state index contributed by atoms with van der Waals surface area (Å²) >= 11 is 0. The van der Waals surface area contributed by atoms with Crippen molar-refractivity contribution in [3.63, 3.8) is 0 Å². The van der Waals surface area contributed by atoms with Crippen LogP contribution in [0.5, 0.6) is 0 Å². The molecule has 0 radical (unpaired) electrons. The molecule has 2 rings (SSSR count). The van der Waals surface area contributed by atoms with E-state index in [9.17, 15) is 8.42 Å². The van der Waals surface area contributed by atoms with Gasteiger partial charge in [0.05, 0.1) is 5.69 Å². The highest BCUT2D eigenvalue weighted by Gasteiger charge is 2.23. The van der Waals surface area contributed by atoms with E-state index < -0.39 is 10.0 Å². The van der Waals surface area contributed by atoms with Crippen LogP contribution in [0.2, 0.25) is 0 Å². The zero-order valence-electron chi connectivity index (χ0n) is 12.8. The van der Waals surface area contributed by atoms with E-state index in [1.54, 1.807) is 12.1 Å². The SMILES string of the molecule is CCCC1CCCCN1c1ccc(S(=O)(=O)NC)c(N)c1. The van der Waals surface area contributed by atoms with Gasteiger partial charge in [-0.25, -0.2) is 13.1 Å². The second-order valence-electron chi connectivity index (χ2n) is 5.56. The van der Waals surface area contributed by atoms with Crippen molar-refractivity contribution in [2.45, 2.75) is 50.0 Å². The topological polar surface area (TPSA) is 75.4 Å².